The first kappa shape index (κ1) is 23.0. The van der Waals surface area contributed by atoms with E-state index < -0.39 is 6.04 Å². The van der Waals surface area contributed by atoms with Gasteiger partial charge in [0.1, 0.15) is 11.9 Å². The minimum absolute atomic E-state index is 0.0840. The van der Waals surface area contributed by atoms with Gasteiger partial charge in [-0.1, -0.05) is 60.2 Å². The van der Waals surface area contributed by atoms with Gasteiger partial charge < -0.3 is 20.4 Å². The van der Waals surface area contributed by atoms with Crippen LogP contribution in [-0.4, -0.2) is 55.6 Å². The van der Waals surface area contributed by atoms with Gasteiger partial charge >= 0.3 is 0 Å². The highest BCUT2D eigenvalue weighted by Gasteiger charge is 2.21. The monoisotopic (exact) mass is 443 g/mol. The molecule has 0 unspecified atom stereocenters. The minimum atomic E-state index is -0.436. The number of rotatable bonds is 8. The van der Waals surface area contributed by atoms with E-state index in [1.165, 1.54) is 11.1 Å². The number of aromatic nitrogens is 1. The largest absolute Gasteiger partial charge is 0.354 e. The lowest BCUT2D eigenvalue weighted by Gasteiger charge is -2.33. The van der Waals surface area contributed by atoms with Crippen LogP contribution in [0.5, 0.6) is 0 Å². The molecule has 1 amide bonds. The Balaban J connectivity index is 1.39. The number of pyridine rings is 1. The summed E-state index contributed by atoms with van der Waals surface area (Å²) < 4.78 is 0. The van der Waals surface area contributed by atoms with E-state index in [0.717, 1.165) is 44.0 Å². The Morgan fingerprint density at radius 1 is 0.970 bits per heavy atom. The van der Waals surface area contributed by atoms with Gasteiger partial charge in [-0.3, -0.25) is 4.79 Å². The number of nitrogens with one attached hydrogen (secondary N) is 2. The van der Waals surface area contributed by atoms with E-state index in [-0.39, 0.29) is 5.91 Å². The summed E-state index contributed by atoms with van der Waals surface area (Å²) in [6.07, 6.45) is 2.61. The van der Waals surface area contributed by atoms with Crippen LogP contribution in [0.15, 0.2) is 72.9 Å². The molecular formula is C27H33N5O. The van der Waals surface area contributed by atoms with Crippen LogP contribution in [0.1, 0.15) is 22.7 Å². The first-order chi connectivity index (χ1) is 16.1. The van der Waals surface area contributed by atoms with Gasteiger partial charge in [0.25, 0.3) is 0 Å². The Hall–Kier alpha value is -3.22. The molecule has 6 nitrogen and oxygen atoms in total. The van der Waals surface area contributed by atoms with Crippen LogP contribution in [0, 0.1) is 6.92 Å². The normalized spacial score (nSPS) is 15.3. The van der Waals surface area contributed by atoms with Crippen molar-refractivity contribution in [3.05, 3.63) is 89.6 Å². The van der Waals surface area contributed by atoms with Gasteiger partial charge in [0.05, 0.1) is 11.9 Å². The number of hydrogen-bond donors (Lipinski definition) is 2. The molecule has 0 aliphatic carbocycles. The Bertz CT molecular complexity index is 1010. The van der Waals surface area contributed by atoms with E-state index in [9.17, 15) is 4.79 Å². The number of nitrogens with zero attached hydrogens (tertiary/aromatic N) is 3. The van der Waals surface area contributed by atoms with Crippen molar-refractivity contribution in [3.8, 4) is 0 Å². The van der Waals surface area contributed by atoms with Gasteiger partial charge in [-0.2, -0.15) is 0 Å². The predicted octanol–water partition coefficient (Wildman–Crippen LogP) is 3.65. The number of amides is 1. The maximum absolute atomic E-state index is 13.2. The van der Waals surface area contributed by atoms with Crippen molar-refractivity contribution in [2.45, 2.75) is 19.4 Å². The maximum Gasteiger partial charge on any atom is 0.246 e. The van der Waals surface area contributed by atoms with Gasteiger partial charge in [-0.15, -0.1) is 0 Å². The molecule has 172 valence electrons. The molecule has 1 saturated heterocycles. The summed E-state index contributed by atoms with van der Waals surface area (Å²) in [5, 5.41) is 6.48. The zero-order valence-corrected chi connectivity index (χ0v) is 19.5. The molecule has 6 heteroatoms. The van der Waals surface area contributed by atoms with Crippen molar-refractivity contribution < 1.29 is 4.79 Å². The van der Waals surface area contributed by atoms with Crippen LogP contribution in [0.4, 0.5) is 11.5 Å². The summed E-state index contributed by atoms with van der Waals surface area (Å²) in [6, 6.07) is 21.9. The molecule has 3 aromatic rings. The number of carbonyl (C=O) groups is 1. The fourth-order valence-corrected chi connectivity index (χ4v) is 4.02. The Morgan fingerprint density at radius 2 is 1.70 bits per heavy atom. The number of anilines is 2. The number of carbonyl (C=O) groups excluding carboxylic acids is 1. The molecule has 1 fully saturated rings. The first-order valence-electron chi connectivity index (χ1n) is 11.6. The Kier molecular flexibility index (Phi) is 7.70. The summed E-state index contributed by atoms with van der Waals surface area (Å²) >= 11 is 0. The van der Waals surface area contributed by atoms with Crippen molar-refractivity contribution >= 4 is 17.4 Å². The highest BCUT2D eigenvalue weighted by molar-refractivity contribution is 5.95. The lowest BCUT2D eigenvalue weighted by Crippen LogP contribution is -2.44. The third-order valence-corrected chi connectivity index (χ3v) is 6.12. The summed E-state index contributed by atoms with van der Waals surface area (Å²) in [5.74, 6) is 0.871. The number of benzene rings is 2. The Morgan fingerprint density at radius 3 is 2.36 bits per heavy atom. The molecule has 4 rings (SSSR count). The fraction of sp³-hybridized carbons (Fsp3) is 0.333. The SMILES string of the molecule is Cc1ccc(CCN[C@H](C(=O)Nc2ccc(N3CCN(C)CC3)nc2)c2ccccc2)cc1. The number of aryl methyl sites for hydroxylation is 1. The molecule has 2 aromatic carbocycles. The van der Waals surface area contributed by atoms with Crippen molar-refractivity contribution in [1.29, 1.82) is 0 Å². The van der Waals surface area contributed by atoms with Gasteiger partial charge in [0.2, 0.25) is 5.91 Å². The summed E-state index contributed by atoms with van der Waals surface area (Å²) in [4.78, 5) is 22.4. The minimum Gasteiger partial charge on any atom is -0.354 e. The molecule has 0 saturated carbocycles. The molecule has 2 N–H and O–H groups in total. The van der Waals surface area contributed by atoms with Crippen molar-refractivity contribution in [2.24, 2.45) is 0 Å². The molecule has 2 heterocycles. The van der Waals surface area contributed by atoms with Crippen LogP contribution in [0.3, 0.4) is 0 Å². The number of piperazine rings is 1. The average Bonchev–Trinajstić information content (AvgIpc) is 2.84. The topological polar surface area (TPSA) is 60.5 Å². The van der Waals surface area contributed by atoms with Gasteiger partial charge in [-0.25, -0.2) is 4.98 Å². The van der Waals surface area contributed by atoms with E-state index in [2.05, 4.69) is 63.7 Å². The van der Waals surface area contributed by atoms with Crippen molar-refractivity contribution in [2.75, 3.05) is 50.0 Å². The smallest absolute Gasteiger partial charge is 0.246 e. The molecule has 1 aliphatic heterocycles. The van der Waals surface area contributed by atoms with Crippen LogP contribution in [-0.2, 0) is 11.2 Å². The van der Waals surface area contributed by atoms with Gasteiger partial charge in [0.15, 0.2) is 0 Å². The highest BCUT2D eigenvalue weighted by atomic mass is 16.2. The number of likely N-dealkylation sites (N-methyl/N-ethyl adjacent to an activating group) is 1. The van der Waals surface area contributed by atoms with E-state index in [1.807, 2.05) is 42.5 Å². The molecule has 1 atom stereocenters. The zero-order chi connectivity index (χ0) is 23.0. The number of hydrogen-bond acceptors (Lipinski definition) is 5. The molecule has 0 radical (unpaired) electrons. The quantitative estimate of drug-likeness (QED) is 0.557. The van der Waals surface area contributed by atoms with Gasteiger partial charge in [-0.05, 0) is 43.7 Å². The van der Waals surface area contributed by atoms with Crippen LogP contribution < -0.4 is 15.5 Å². The molecule has 0 spiro atoms. The molecular weight excluding hydrogens is 410 g/mol. The fourth-order valence-electron chi connectivity index (χ4n) is 4.02. The summed E-state index contributed by atoms with van der Waals surface area (Å²) in [6.45, 7) is 6.80. The second-order valence-electron chi connectivity index (χ2n) is 8.72. The van der Waals surface area contributed by atoms with Crippen LogP contribution >= 0.6 is 0 Å². The zero-order valence-electron chi connectivity index (χ0n) is 19.5. The molecule has 1 aliphatic rings. The summed E-state index contributed by atoms with van der Waals surface area (Å²) in [5.41, 5.74) is 4.16. The molecule has 0 bridgehead atoms. The van der Waals surface area contributed by atoms with Crippen LogP contribution in [0.2, 0.25) is 0 Å². The maximum atomic E-state index is 13.2. The van der Waals surface area contributed by atoms with Gasteiger partial charge in [0, 0.05) is 32.7 Å². The second-order valence-corrected chi connectivity index (χ2v) is 8.72. The lowest BCUT2D eigenvalue weighted by atomic mass is 10.0. The van der Waals surface area contributed by atoms with E-state index in [1.54, 1.807) is 6.20 Å². The van der Waals surface area contributed by atoms with E-state index >= 15 is 0 Å². The van der Waals surface area contributed by atoms with Crippen molar-refractivity contribution in [1.82, 2.24) is 15.2 Å². The standard InChI is InChI=1S/C27H33N5O/c1-21-8-10-22(11-9-21)14-15-28-26(23-6-4-3-5-7-23)27(33)30-24-12-13-25(29-20-24)32-18-16-31(2)17-19-32/h3-13,20,26,28H,14-19H2,1-2H3,(H,30,33)/t26-/m0/s1. The van der Waals surface area contributed by atoms with E-state index in [4.69, 9.17) is 0 Å². The highest BCUT2D eigenvalue weighted by Crippen LogP contribution is 2.19. The second kappa shape index (κ2) is 11.1. The van der Waals surface area contributed by atoms with E-state index in [0.29, 0.717) is 12.2 Å². The predicted molar refractivity (Wildman–Crippen MR) is 135 cm³/mol. The summed E-state index contributed by atoms with van der Waals surface area (Å²) in [7, 11) is 2.14. The van der Waals surface area contributed by atoms with Crippen molar-refractivity contribution in [3.63, 3.8) is 0 Å². The molecule has 1 aromatic heterocycles. The third-order valence-electron chi connectivity index (χ3n) is 6.12. The Labute approximate surface area is 196 Å². The third kappa shape index (κ3) is 6.40. The lowest BCUT2D eigenvalue weighted by molar-refractivity contribution is -0.118. The average molecular weight is 444 g/mol. The molecule has 33 heavy (non-hydrogen) atoms. The first-order valence-corrected chi connectivity index (χ1v) is 11.6. The van der Waals surface area contributed by atoms with Crippen LogP contribution in [0.25, 0.3) is 0 Å².